The first kappa shape index (κ1) is 15.7. The minimum Gasteiger partial charge on any atom is -0.393 e. The average Bonchev–Trinajstić information content (AvgIpc) is 2.48. The van der Waals surface area contributed by atoms with Gasteiger partial charge in [-0.2, -0.15) is 5.26 Å². The van der Waals surface area contributed by atoms with Crippen LogP contribution in [0.1, 0.15) is 39.2 Å². The lowest BCUT2D eigenvalue weighted by atomic mass is 10.0. The summed E-state index contributed by atoms with van der Waals surface area (Å²) in [6.07, 6.45) is 1.35. The molecule has 4 nitrogen and oxygen atoms in total. The van der Waals surface area contributed by atoms with Crippen LogP contribution in [0.5, 0.6) is 0 Å². The van der Waals surface area contributed by atoms with E-state index in [1.54, 1.807) is 0 Å². The molecule has 2 rings (SSSR count). The smallest absolute Gasteiger partial charge is 0.101 e. The molecule has 1 fully saturated rings. The molecule has 0 spiro atoms. The third-order valence-electron chi connectivity index (χ3n) is 4.32. The maximum absolute atomic E-state index is 9.59. The van der Waals surface area contributed by atoms with Gasteiger partial charge in [0.2, 0.25) is 0 Å². The van der Waals surface area contributed by atoms with Crippen molar-refractivity contribution in [2.45, 2.75) is 45.8 Å². The molecule has 1 saturated heterocycles. The predicted molar refractivity (Wildman–Crippen MR) is 86.5 cm³/mol. The quantitative estimate of drug-likeness (QED) is 0.894. The van der Waals surface area contributed by atoms with Crippen LogP contribution in [-0.2, 0) is 0 Å². The number of aliphatic hydroxyl groups excluding tert-OH is 1. The van der Waals surface area contributed by atoms with Gasteiger partial charge in [0.25, 0.3) is 0 Å². The van der Waals surface area contributed by atoms with Gasteiger partial charge in [-0.25, -0.2) is 0 Å². The van der Waals surface area contributed by atoms with Crippen LogP contribution in [0.15, 0.2) is 18.2 Å². The number of hydrogen-bond acceptors (Lipinski definition) is 4. The van der Waals surface area contributed by atoms with E-state index in [9.17, 15) is 10.4 Å². The molecule has 0 radical (unpaired) electrons. The van der Waals surface area contributed by atoms with E-state index in [1.807, 2.05) is 18.2 Å². The van der Waals surface area contributed by atoms with Gasteiger partial charge in [-0.3, -0.25) is 0 Å². The van der Waals surface area contributed by atoms with Gasteiger partial charge in [-0.05, 0) is 43.9 Å². The van der Waals surface area contributed by atoms with E-state index < -0.39 is 0 Å². The Balaban J connectivity index is 2.15. The summed E-state index contributed by atoms with van der Waals surface area (Å²) in [5.41, 5.74) is 2.67. The average molecular weight is 287 g/mol. The Labute approximate surface area is 127 Å². The molecule has 114 valence electrons. The van der Waals surface area contributed by atoms with E-state index in [4.69, 9.17) is 0 Å². The standard InChI is InChI=1S/C17H25N3O/c1-12(2)13(3)19-15-4-5-17(14(10-15)11-18)20-8-6-16(21)7-9-20/h4-5,10,12-13,16,19,21H,6-9H2,1-3H3. The van der Waals surface area contributed by atoms with Crippen molar-refractivity contribution in [1.82, 2.24) is 0 Å². The SMILES string of the molecule is CC(C)C(C)Nc1ccc(N2CCC(O)CC2)c(C#N)c1. The number of benzene rings is 1. The lowest BCUT2D eigenvalue weighted by Crippen LogP contribution is -2.36. The fourth-order valence-electron chi connectivity index (χ4n) is 2.53. The number of anilines is 2. The van der Waals surface area contributed by atoms with Crippen LogP contribution in [-0.4, -0.2) is 30.3 Å². The molecule has 0 aliphatic carbocycles. The van der Waals surface area contributed by atoms with Crippen LogP contribution < -0.4 is 10.2 Å². The highest BCUT2D eigenvalue weighted by molar-refractivity contribution is 5.65. The van der Waals surface area contributed by atoms with Crippen LogP contribution in [0.3, 0.4) is 0 Å². The molecule has 1 atom stereocenters. The van der Waals surface area contributed by atoms with Crippen molar-refractivity contribution in [2.24, 2.45) is 5.92 Å². The molecule has 0 amide bonds. The summed E-state index contributed by atoms with van der Waals surface area (Å²) in [4.78, 5) is 2.20. The zero-order valence-corrected chi connectivity index (χ0v) is 13.1. The Kier molecular flexibility index (Phi) is 5.08. The maximum Gasteiger partial charge on any atom is 0.101 e. The number of nitrogens with one attached hydrogen (secondary N) is 1. The first-order chi connectivity index (χ1) is 10.0. The van der Waals surface area contributed by atoms with Gasteiger partial charge in [-0.15, -0.1) is 0 Å². The molecular weight excluding hydrogens is 262 g/mol. The normalized spacial score (nSPS) is 17.6. The summed E-state index contributed by atoms with van der Waals surface area (Å²) < 4.78 is 0. The molecule has 1 aliphatic heterocycles. The number of hydrogen-bond donors (Lipinski definition) is 2. The molecule has 0 aromatic heterocycles. The molecule has 0 saturated carbocycles. The van der Waals surface area contributed by atoms with Crippen LogP contribution in [0.25, 0.3) is 0 Å². The van der Waals surface area contributed by atoms with E-state index >= 15 is 0 Å². The minimum atomic E-state index is -0.195. The molecule has 4 heteroatoms. The second-order valence-corrected chi connectivity index (χ2v) is 6.24. The van der Waals surface area contributed by atoms with Crippen molar-refractivity contribution >= 4 is 11.4 Å². The molecule has 0 bridgehead atoms. The number of nitrogens with zero attached hydrogens (tertiary/aromatic N) is 2. The molecule has 1 heterocycles. The molecule has 1 aliphatic rings. The Morgan fingerprint density at radius 1 is 1.29 bits per heavy atom. The molecule has 21 heavy (non-hydrogen) atoms. The maximum atomic E-state index is 9.59. The fourth-order valence-corrected chi connectivity index (χ4v) is 2.53. The summed E-state index contributed by atoms with van der Waals surface area (Å²) in [6, 6.07) is 8.66. The van der Waals surface area contributed by atoms with Crippen LogP contribution in [0.2, 0.25) is 0 Å². The summed E-state index contributed by atoms with van der Waals surface area (Å²) in [5, 5.41) is 22.5. The molecular formula is C17H25N3O. The summed E-state index contributed by atoms with van der Waals surface area (Å²) >= 11 is 0. The Hall–Kier alpha value is -1.73. The fraction of sp³-hybridized carbons (Fsp3) is 0.588. The summed E-state index contributed by atoms with van der Waals surface area (Å²) in [7, 11) is 0. The van der Waals surface area contributed by atoms with Crippen molar-refractivity contribution in [1.29, 1.82) is 5.26 Å². The zero-order chi connectivity index (χ0) is 15.4. The van der Waals surface area contributed by atoms with Gasteiger partial charge < -0.3 is 15.3 Å². The highest BCUT2D eigenvalue weighted by Crippen LogP contribution is 2.27. The first-order valence-electron chi connectivity index (χ1n) is 7.75. The molecule has 2 N–H and O–H groups in total. The van der Waals surface area contributed by atoms with Crippen molar-refractivity contribution in [3.8, 4) is 6.07 Å². The molecule has 1 unspecified atom stereocenters. The third-order valence-corrected chi connectivity index (χ3v) is 4.32. The van der Waals surface area contributed by atoms with Crippen molar-refractivity contribution < 1.29 is 5.11 Å². The van der Waals surface area contributed by atoms with Crippen LogP contribution in [0.4, 0.5) is 11.4 Å². The van der Waals surface area contributed by atoms with Crippen molar-refractivity contribution in [2.75, 3.05) is 23.3 Å². The molecule has 1 aromatic carbocycles. The number of piperidine rings is 1. The lowest BCUT2D eigenvalue weighted by Gasteiger charge is -2.32. The Morgan fingerprint density at radius 3 is 2.52 bits per heavy atom. The van der Waals surface area contributed by atoms with Crippen LogP contribution >= 0.6 is 0 Å². The largest absolute Gasteiger partial charge is 0.393 e. The van der Waals surface area contributed by atoms with Crippen molar-refractivity contribution in [3.05, 3.63) is 23.8 Å². The number of rotatable bonds is 4. The second-order valence-electron chi connectivity index (χ2n) is 6.24. The van der Waals surface area contributed by atoms with E-state index in [0.717, 1.165) is 37.3 Å². The number of nitriles is 1. The van der Waals surface area contributed by atoms with Gasteiger partial charge in [0.1, 0.15) is 6.07 Å². The van der Waals surface area contributed by atoms with Crippen molar-refractivity contribution in [3.63, 3.8) is 0 Å². The van der Waals surface area contributed by atoms with E-state index in [0.29, 0.717) is 17.5 Å². The van der Waals surface area contributed by atoms with E-state index in [2.05, 4.69) is 37.1 Å². The first-order valence-corrected chi connectivity index (χ1v) is 7.75. The van der Waals surface area contributed by atoms with E-state index in [1.165, 1.54) is 0 Å². The predicted octanol–water partition coefficient (Wildman–Crippen LogP) is 2.98. The highest BCUT2D eigenvalue weighted by atomic mass is 16.3. The van der Waals surface area contributed by atoms with Gasteiger partial charge in [0.15, 0.2) is 0 Å². The summed E-state index contributed by atoms with van der Waals surface area (Å²) in [5.74, 6) is 0.541. The lowest BCUT2D eigenvalue weighted by molar-refractivity contribution is 0.145. The number of aliphatic hydroxyl groups is 1. The topological polar surface area (TPSA) is 59.3 Å². The minimum absolute atomic E-state index is 0.195. The highest BCUT2D eigenvalue weighted by Gasteiger charge is 2.19. The van der Waals surface area contributed by atoms with Gasteiger partial charge >= 0.3 is 0 Å². The molecule has 1 aromatic rings. The Bertz CT molecular complexity index is 513. The van der Waals surface area contributed by atoms with Crippen LogP contribution in [0, 0.1) is 17.2 Å². The van der Waals surface area contributed by atoms with Gasteiger partial charge in [0.05, 0.1) is 17.4 Å². The van der Waals surface area contributed by atoms with E-state index in [-0.39, 0.29) is 6.10 Å². The third kappa shape index (κ3) is 3.89. The summed E-state index contributed by atoms with van der Waals surface area (Å²) in [6.45, 7) is 8.12. The monoisotopic (exact) mass is 287 g/mol. The Morgan fingerprint density at radius 2 is 1.95 bits per heavy atom. The van der Waals surface area contributed by atoms with Gasteiger partial charge in [0, 0.05) is 24.8 Å². The zero-order valence-electron chi connectivity index (χ0n) is 13.1. The van der Waals surface area contributed by atoms with Gasteiger partial charge in [-0.1, -0.05) is 13.8 Å². The second kappa shape index (κ2) is 6.82.